The van der Waals surface area contributed by atoms with Crippen molar-refractivity contribution in [1.29, 1.82) is 0 Å². The first-order chi connectivity index (χ1) is 18.1. The summed E-state index contributed by atoms with van der Waals surface area (Å²) in [5.74, 6) is 0.881. The molecule has 0 amide bonds. The Bertz CT molecular complexity index is 1810. The molecule has 4 aromatic carbocycles. The normalized spacial score (nSPS) is 11.1. The smallest absolute Gasteiger partial charge is 0.343 e. The zero-order valence-corrected chi connectivity index (χ0v) is 19.8. The molecule has 0 N–H and O–H groups in total. The minimum Gasteiger partial charge on any atom is -0.493 e. The molecule has 0 aliphatic carbocycles. The molecule has 0 atom stereocenters. The number of benzene rings is 4. The molecule has 0 radical (unpaired) electrons. The van der Waals surface area contributed by atoms with E-state index in [1.807, 2.05) is 54.6 Å². The first-order valence-corrected chi connectivity index (χ1v) is 11.6. The molecule has 6 nitrogen and oxygen atoms in total. The summed E-state index contributed by atoms with van der Waals surface area (Å²) < 4.78 is 23.0. The van der Waals surface area contributed by atoms with Crippen LogP contribution in [0.3, 0.4) is 0 Å². The van der Waals surface area contributed by atoms with Crippen LogP contribution in [0.1, 0.15) is 10.4 Å². The Morgan fingerprint density at radius 1 is 0.730 bits per heavy atom. The number of carbonyl (C=O) groups is 1. The summed E-state index contributed by atoms with van der Waals surface area (Å²) >= 11 is 0. The largest absolute Gasteiger partial charge is 0.493 e. The van der Waals surface area contributed by atoms with Gasteiger partial charge >= 0.3 is 11.6 Å². The standard InChI is InChI=1S/C31H20O6/c1-34-25-14-8-13-21-15-26(36-30(21)25)24-18-29(32)35-28-16-22(19-9-4-2-5-10-19)27(17-23(24)28)37-31(33)20-11-6-3-7-12-20/h2-18H,1H3. The minimum absolute atomic E-state index is 0.330. The van der Waals surface area contributed by atoms with Crippen LogP contribution in [0.2, 0.25) is 0 Å². The van der Waals surface area contributed by atoms with Gasteiger partial charge in [0.15, 0.2) is 11.3 Å². The van der Waals surface area contributed by atoms with Gasteiger partial charge in [-0.2, -0.15) is 0 Å². The molecule has 0 saturated carbocycles. The van der Waals surface area contributed by atoms with Gasteiger partial charge < -0.3 is 18.3 Å². The van der Waals surface area contributed by atoms with Gasteiger partial charge in [-0.05, 0) is 42.0 Å². The average Bonchev–Trinajstić information content (AvgIpc) is 3.38. The SMILES string of the molecule is COc1cccc2cc(-c3cc(=O)oc4cc(-c5ccccc5)c(OC(=O)c5ccccc5)cc34)oc12. The lowest BCUT2D eigenvalue weighted by atomic mass is 10.00. The van der Waals surface area contributed by atoms with E-state index >= 15 is 0 Å². The predicted octanol–water partition coefficient (Wildman–Crippen LogP) is 7.10. The van der Waals surface area contributed by atoms with Crippen LogP contribution in [0, 0.1) is 0 Å². The maximum atomic E-state index is 13.0. The van der Waals surface area contributed by atoms with Crippen molar-refractivity contribution in [2.75, 3.05) is 7.11 Å². The Hall–Kier alpha value is -5.10. The fourth-order valence-corrected chi connectivity index (χ4v) is 4.38. The fraction of sp³-hybridized carbons (Fsp3) is 0.0323. The molecule has 0 bridgehead atoms. The van der Waals surface area contributed by atoms with Crippen molar-refractivity contribution in [3.8, 4) is 33.9 Å². The van der Waals surface area contributed by atoms with Gasteiger partial charge in [0, 0.05) is 28.0 Å². The zero-order valence-electron chi connectivity index (χ0n) is 19.8. The monoisotopic (exact) mass is 488 g/mol. The van der Waals surface area contributed by atoms with E-state index in [-0.39, 0.29) is 0 Å². The summed E-state index contributed by atoms with van der Waals surface area (Å²) in [6.45, 7) is 0. The summed E-state index contributed by atoms with van der Waals surface area (Å²) in [7, 11) is 1.57. The lowest BCUT2D eigenvalue weighted by Crippen LogP contribution is -2.09. The number of furan rings is 1. The number of rotatable bonds is 5. The van der Waals surface area contributed by atoms with Crippen molar-refractivity contribution in [3.05, 3.63) is 119 Å². The lowest BCUT2D eigenvalue weighted by Gasteiger charge is -2.13. The van der Waals surface area contributed by atoms with E-state index < -0.39 is 11.6 Å². The van der Waals surface area contributed by atoms with Crippen molar-refractivity contribution in [1.82, 2.24) is 0 Å². The molecule has 0 fully saturated rings. The Morgan fingerprint density at radius 3 is 2.24 bits per heavy atom. The van der Waals surface area contributed by atoms with Crippen LogP contribution in [-0.4, -0.2) is 13.1 Å². The minimum atomic E-state index is -0.525. The molecule has 6 rings (SSSR count). The van der Waals surface area contributed by atoms with Gasteiger partial charge in [-0.25, -0.2) is 9.59 Å². The van der Waals surface area contributed by atoms with Crippen LogP contribution in [0.15, 0.2) is 117 Å². The summed E-state index contributed by atoms with van der Waals surface area (Å²) in [4.78, 5) is 25.6. The number of ether oxygens (including phenoxy) is 2. The molecular weight excluding hydrogens is 468 g/mol. The average molecular weight is 488 g/mol. The van der Waals surface area contributed by atoms with Gasteiger partial charge in [0.05, 0.1) is 12.7 Å². The molecule has 180 valence electrons. The highest BCUT2D eigenvalue weighted by Gasteiger charge is 2.20. The van der Waals surface area contributed by atoms with Crippen LogP contribution in [0.25, 0.3) is 44.4 Å². The Labute approximate surface area is 211 Å². The topological polar surface area (TPSA) is 78.9 Å². The molecule has 0 aliphatic heterocycles. The van der Waals surface area contributed by atoms with Crippen LogP contribution in [0.5, 0.6) is 11.5 Å². The van der Waals surface area contributed by atoms with Gasteiger partial charge in [0.2, 0.25) is 0 Å². The Morgan fingerprint density at radius 2 is 1.49 bits per heavy atom. The van der Waals surface area contributed by atoms with E-state index in [2.05, 4.69) is 0 Å². The van der Waals surface area contributed by atoms with Crippen LogP contribution in [-0.2, 0) is 0 Å². The highest BCUT2D eigenvalue weighted by Crippen LogP contribution is 2.40. The third-order valence-electron chi connectivity index (χ3n) is 6.13. The molecule has 0 unspecified atom stereocenters. The molecule has 37 heavy (non-hydrogen) atoms. The van der Waals surface area contributed by atoms with Crippen LogP contribution in [0.4, 0.5) is 0 Å². The number of methoxy groups -OCH3 is 1. The van der Waals surface area contributed by atoms with Crippen LogP contribution < -0.4 is 15.1 Å². The molecule has 6 aromatic rings. The van der Waals surface area contributed by atoms with Gasteiger partial charge in [0.1, 0.15) is 17.1 Å². The van der Waals surface area contributed by atoms with Gasteiger partial charge in [0.25, 0.3) is 0 Å². The van der Waals surface area contributed by atoms with E-state index in [4.69, 9.17) is 18.3 Å². The molecule has 6 heteroatoms. The van der Waals surface area contributed by atoms with Crippen molar-refractivity contribution >= 4 is 27.9 Å². The van der Waals surface area contributed by atoms with Gasteiger partial charge in [-0.1, -0.05) is 60.7 Å². The maximum Gasteiger partial charge on any atom is 0.343 e. The number of hydrogen-bond donors (Lipinski definition) is 0. The predicted molar refractivity (Wildman–Crippen MR) is 141 cm³/mol. The number of esters is 1. The van der Waals surface area contributed by atoms with Crippen molar-refractivity contribution in [2.24, 2.45) is 0 Å². The van der Waals surface area contributed by atoms with Crippen molar-refractivity contribution < 1.29 is 23.1 Å². The van der Waals surface area contributed by atoms with Crippen LogP contribution >= 0.6 is 0 Å². The Balaban J connectivity index is 1.57. The highest BCUT2D eigenvalue weighted by atomic mass is 16.5. The molecule has 2 heterocycles. The first-order valence-electron chi connectivity index (χ1n) is 11.6. The van der Waals surface area contributed by atoms with Crippen molar-refractivity contribution in [3.63, 3.8) is 0 Å². The van der Waals surface area contributed by atoms with E-state index in [9.17, 15) is 9.59 Å². The quantitative estimate of drug-likeness (QED) is 0.146. The number of fused-ring (bicyclic) bond motifs is 2. The summed E-state index contributed by atoms with van der Waals surface area (Å²) in [6.07, 6.45) is 0. The molecule has 0 saturated heterocycles. The summed E-state index contributed by atoms with van der Waals surface area (Å²) in [5.41, 5.74) is 2.74. The summed E-state index contributed by atoms with van der Waals surface area (Å²) in [5, 5.41) is 1.39. The second kappa shape index (κ2) is 9.17. The number of carbonyl (C=O) groups excluding carboxylic acids is 1. The number of hydrogen-bond acceptors (Lipinski definition) is 6. The third kappa shape index (κ3) is 4.15. The van der Waals surface area contributed by atoms with Crippen molar-refractivity contribution in [2.45, 2.75) is 0 Å². The zero-order chi connectivity index (χ0) is 25.4. The van der Waals surface area contributed by atoms with E-state index in [0.29, 0.717) is 50.5 Å². The molecular formula is C31H20O6. The van der Waals surface area contributed by atoms with Gasteiger partial charge in [-0.15, -0.1) is 0 Å². The molecule has 0 spiro atoms. The van der Waals surface area contributed by atoms with Gasteiger partial charge in [-0.3, -0.25) is 0 Å². The third-order valence-corrected chi connectivity index (χ3v) is 6.13. The second-order valence-corrected chi connectivity index (χ2v) is 8.43. The maximum absolute atomic E-state index is 13.0. The fourth-order valence-electron chi connectivity index (χ4n) is 4.38. The first kappa shape index (κ1) is 22.4. The summed E-state index contributed by atoms with van der Waals surface area (Å²) in [6, 6.07) is 30.4. The lowest BCUT2D eigenvalue weighted by molar-refractivity contribution is 0.0736. The molecule has 2 aromatic heterocycles. The number of para-hydroxylation sites is 1. The van der Waals surface area contributed by atoms with E-state index in [1.165, 1.54) is 6.07 Å². The second-order valence-electron chi connectivity index (χ2n) is 8.43. The van der Waals surface area contributed by atoms with E-state index in [1.54, 1.807) is 49.6 Å². The highest BCUT2D eigenvalue weighted by molar-refractivity contribution is 6.00. The van der Waals surface area contributed by atoms with E-state index in [0.717, 1.165) is 10.9 Å². The molecule has 0 aliphatic rings. The Kier molecular flexibility index (Phi) is 5.54.